The molecule has 0 spiro atoms. The minimum atomic E-state index is 0.541. The molecule has 1 aliphatic carbocycles. The van der Waals surface area contributed by atoms with E-state index in [1.807, 2.05) is 36.8 Å². The minimum absolute atomic E-state index is 0.541. The van der Waals surface area contributed by atoms with Crippen LogP contribution in [-0.4, -0.2) is 30.1 Å². The Morgan fingerprint density at radius 3 is 2.76 bits per heavy atom. The number of allylic oxidation sites excluding steroid dienone is 1. The molecule has 0 atom stereocenters. The van der Waals surface area contributed by atoms with E-state index < -0.39 is 0 Å². The zero-order valence-electron chi connectivity index (χ0n) is 18.3. The van der Waals surface area contributed by atoms with E-state index in [1.54, 1.807) is 6.20 Å². The van der Waals surface area contributed by atoms with Crippen molar-refractivity contribution in [2.45, 2.75) is 32.1 Å². The molecule has 5 heterocycles. The smallest absolute Gasteiger partial charge is 0.181 e. The zero-order valence-corrected chi connectivity index (χ0v) is 18.3. The van der Waals surface area contributed by atoms with Crippen LogP contribution in [0.15, 0.2) is 67.4 Å². The van der Waals surface area contributed by atoms with E-state index in [-0.39, 0.29) is 0 Å². The van der Waals surface area contributed by atoms with E-state index in [0.717, 1.165) is 50.3 Å². The largest absolute Gasteiger partial charge is 0.358 e. The minimum Gasteiger partial charge on any atom is -0.358 e. The summed E-state index contributed by atoms with van der Waals surface area (Å²) in [5.74, 6) is 0.541. The van der Waals surface area contributed by atoms with E-state index in [4.69, 9.17) is 0 Å². The van der Waals surface area contributed by atoms with Crippen molar-refractivity contribution < 1.29 is 0 Å². The molecule has 1 aliphatic rings. The summed E-state index contributed by atoms with van der Waals surface area (Å²) in [7, 11) is 0. The fraction of sp³-hybridized carbons (Fsp3) is 0.231. The predicted molar refractivity (Wildman–Crippen MR) is 132 cm³/mol. The Morgan fingerprint density at radius 1 is 1.00 bits per heavy atom. The molecule has 0 bridgehead atoms. The van der Waals surface area contributed by atoms with Gasteiger partial charge in [-0.2, -0.15) is 5.10 Å². The fourth-order valence-corrected chi connectivity index (χ4v) is 4.76. The molecule has 164 valence electrons. The highest BCUT2D eigenvalue weighted by molar-refractivity contribution is 5.95. The van der Waals surface area contributed by atoms with Crippen molar-refractivity contribution >= 4 is 27.8 Å². The van der Waals surface area contributed by atoms with Crippen LogP contribution in [0.4, 0.5) is 5.69 Å². The maximum absolute atomic E-state index is 4.58. The van der Waals surface area contributed by atoms with Gasteiger partial charge in [0, 0.05) is 40.8 Å². The van der Waals surface area contributed by atoms with Gasteiger partial charge in [0.05, 0.1) is 34.3 Å². The SMILES string of the molecule is C=C(Nc1cncc(-c2cnc3n[nH]c(-c4cc5ncccc5[nH]4)c3c2)c1)C1CCCCC1. The van der Waals surface area contributed by atoms with E-state index in [1.165, 1.54) is 32.1 Å². The Balaban J connectivity index is 1.32. The van der Waals surface area contributed by atoms with Crippen LogP contribution in [0, 0.1) is 5.92 Å². The van der Waals surface area contributed by atoms with E-state index in [2.05, 4.69) is 54.2 Å². The summed E-state index contributed by atoms with van der Waals surface area (Å²) in [5, 5.41) is 12.0. The third kappa shape index (κ3) is 3.75. The van der Waals surface area contributed by atoms with Crippen LogP contribution in [0.5, 0.6) is 0 Å². The van der Waals surface area contributed by atoms with Crippen molar-refractivity contribution in [3.05, 3.63) is 67.4 Å². The predicted octanol–water partition coefficient (Wildman–Crippen LogP) is 6.07. The topological polar surface area (TPSA) is 95.2 Å². The normalized spacial score (nSPS) is 14.7. The van der Waals surface area contributed by atoms with E-state index in [9.17, 15) is 0 Å². The second kappa shape index (κ2) is 8.16. The fourth-order valence-electron chi connectivity index (χ4n) is 4.76. The summed E-state index contributed by atoms with van der Waals surface area (Å²) >= 11 is 0. The second-order valence-corrected chi connectivity index (χ2v) is 8.76. The molecule has 6 rings (SSSR count). The molecule has 1 saturated carbocycles. The quantitative estimate of drug-likeness (QED) is 0.311. The van der Waals surface area contributed by atoms with E-state index >= 15 is 0 Å². The standard InChI is InChI=1S/C26H25N7/c1-16(17-6-3-2-4-7-17)30-20-10-18(13-27-15-20)19-11-21-25(32-33-26(21)29-14-19)24-12-23-22(31-24)8-5-9-28-23/h5,8-15,17,30-31H,1-4,6-7H2,(H,29,32,33). The Kier molecular flexibility index (Phi) is 4.87. The number of nitrogens with one attached hydrogen (secondary N) is 3. The molecule has 33 heavy (non-hydrogen) atoms. The molecule has 1 fully saturated rings. The third-order valence-corrected chi connectivity index (χ3v) is 6.54. The Hall–Kier alpha value is -4.00. The Bertz CT molecular complexity index is 1420. The maximum atomic E-state index is 4.58. The summed E-state index contributed by atoms with van der Waals surface area (Å²) < 4.78 is 0. The summed E-state index contributed by atoms with van der Waals surface area (Å²) in [4.78, 5) is 16.9. The molecule has 0 saturated heterocycles. The maximum Gasteiger partial charge on any atom is 0.181 e. The second-order valence-electron chi connectivity index (χ2n) is 8.76. The van der Waals surface area contributed by atoms with Gasteiger partial charge in [0.1, 0.15) is 0 Å². The molecule has 5 aromatic heterocycles. The van der Waals surface area contributed by atoms with E-state index in [0.29, 0.717) is 11.6 Å². The Morgan fingerprint density at radius 2 is 1.88 bits per heavy atom. The number of H-pyrrole nitrogens is 2. The molecule has 7 heteroatoms. The highest BCUT2D eigenvalue weighted by atomic mass is 15.2. The third-order valence-electron chi connectivity index (χ3n) is 6.54. The number of nitrogens with zero attached hydrogens (tertiary/aromatic N) is 4. The van der Waals surface area contributed by atoms with Gasteiger partial charge in [0.2, 0.25) is 0 Å². The lowest BCUT2D eigenvalue weighted by atomic mass is 9.87. The molecule has 3 N–H and O–H groups in total. The van der Waals surface area contributed by atoms with Crippen LogP contribution in [0.3, 0.4) is 0 Å². The first-order valence-electron chi connectivity index (χ1n) is 11.4. The Labute approximate surface area is 191 Å². The molecule has 0 amide bonds. The molecule has 0 radical (unpaired) electrons. The highest BCUT2D eigenvalue weighted by Crippen LogP contribution is 2.32. The van der Waals surface area contributed by atoms with Gasteiger partial charge in [-0.25, -0.2) is 4.98 Å². The van der Waals surface area contributed by atoms with Crippen molar-refractivity contribution in [3.63, 3.8) is 0 Å². The lowest BCUT2D eigenvalue weighted by Gasteiger charge is -2.24. The van der Waals surface area contributed by atoms with Gasteiger partial charge in [0.15, 0.2) is 5.65 Å². The van der Waals surface area contributed by atoms with Crippen molar-refractivity contribution in [2.75, 3.05) is 5.32 Å². The van der Waals surface area contributed by atoms with Gasteiger partial charge >= 0.3 is 0 Å². The average Bonchev–Trinajstić information content (AvgIpc) is 3.48. The number of rotatable bonds is 5. The van der Waals surface area contributed by atoms with Gasteiger partial charge in [-0.15, -0.1) is 0 Å². The number of aromatic amines is 2. The van der Waals surface area contributed by atoms with Gasteiger partial charge in [-0.1, -0.05) is 25.8 Å². The summed E-state index contributed by atoms with van der Waals surface area (Å²) in [6.07, 6.45) is 13.7. The molecule has 7 nitrogen and oxygen atoms in total. The summed E-state index contributed by atoms with van der Waals surface area (Å²) in [5.41, 5.74) is 8.43. The van der Waals surface area contributed by atoms with Crippen LogP contribution in [0.1, 0.15) is 32.1 Å². The lowest BCUT2D eigenvalue weighted by Crippen LogP contribution is -2.14. The monoisotopic (exact) mass is 435 g/mol. The first kappa shape index (κ1) is 19.7. The first-order chi connectivity index (χ1) is 16.2. The molecule has 0 aliphatic heterocycles. The number of hydrogen-bond donors (Lipinski definition) is 3. The molecular weight excluding hydrogens is 410 g/mol. The molecule has 5 aromatic rings. The van der Waals surface area contributed by atoms with Crippen LogP contribution >= 0.6 is 0 Å². The number of anilines is 1. The number of fused-ring (bicyclic) bond motifs is 2. The average molecular weight is 436 g/mol. The molecule has 0 aromatic carbocycles. The number of aromatic nitrogens is 6. The van der Waals surface area contributed by atoms with Crippen LogP contribution in [-0.2, 0) is 0 Å². The highest BCUT2D eigenvalue weighted by Gasteiger charge is 2.17. The zero-order chi connectivity index (χ0) is 22.2. The number of pyridine rings is 3. The molecular formula is C26H25N7. The van der Waals surface area contributed by atoms with Gasteiger partial charge in [-0.3, -0.25) is 15.1 Å². The van der Waals surface area contributed by atoms with Gasteiger partial charge in [-0.05, 0) is 49.1 Å². The van der Waals surface area contributed by atoms with Crippen LogP contribution in [0.25, 0.3) is 44.6 Å². The van der Waals surface area contributed by atoms with Crippen LogP contribution < -0.4 is 5.32 Å². The van der Waals surface area contributed by atoms with Crippen LogP contribution in [0.2, 0.25) is 0 Å². The van der Waals surface area contributed by atoms with Crippen molar-refractivity contribution in [1.29, 1.82) is 0 Å². The molecule has 0 unspecified atom stereocenters. The first-order valence-corrected chi connectivity index (χ1v) is 11.4. The van der Waals surface area contributed by atoms with Gasteiger partial charge in [0.25, 0.3) is 0 Å². The van der Waals surface area contributed by atoms with Crippen molar-refractivity contribution in [1.82, 2.24) is 30.1 Å². The van der Waals surface area contributed by atoms with Crippen molar-refractivity contribution in [2.24, 2.45) is 5.92 Å². The van der Waals surface area contributed by atoms with Gasteiger partial charge < -0.3 is 10.3 Å². The number of hydrogen-bond acceptors (Lipinski definition) is 5. The lowest BCUT2D eigenvalue weighted by molar-refractivity contribution is 0.405. The van der Waals surface area contributed by atoms with Crippen molar-refractivity contribution in [3.8, 4) is 22.5 Å². The summed E-state index contributed by atoms with van der Waals surface area (Å²) in [6, 6.07) is 10.2. The summed E-state index contributed by atoms with van der Waals surface area (Å²) in [6.45, 7) is 4.30.